The van der Waals surface area contributed by atoms with E-state index in [1.54, 1.807) is 0 Å². The normalized spacial score (nSPS) is 31.7. The van der Waals surface area contributed by atoms with Crippen LogP contribution in [0.25, 0.3) is 0 Å². The smallest absolute Gasteiger partial charge is 0.226 e. The average molecular weight is 413 g/mol. The van der Waals surface area contributed by atoms with Gasteiger partial charge in [-0.1, -0.05) is 23.2 Å². The number of benzene rings is 1. The zero-order valence-corrected chi connectivity index (χ0v) is 16.7. The highest BCUT2D eigenvalue weighted by molar-refractivity contribution is 7.80. The van der Waals surface area contributed by atoms with E-state index in [4.69, 9.17) is 35.4 Å². The first-order valence-electron chi connectivity index (χ1n) is 9.11. The number of thiocarbonyl (C=S) groups is 1. The molecule has 1 aromatic carbocycles. The van der Waals surface area contributed by atoms with Crippen molar-refractivity contribution in [2.24, 2.45) is 23.2 Å². The van der Waals surface area contributed by atoms with Crippen molar-refractivity contribution >= 4 is 52.1 Å². The van der Waals surface area contributed by atoms with Crippen LogP contribution in [0.1, 0.15) is 44.9 Å². The highest BCUT2D eigenvalue weighted by Gasteiger charge is 2.51. The van der Waals surface area contributed by atoms with Crippen LogP contribution in [-0.2, 0) is 4.79 Å². The number of hydrogen-bond donors (Lipinski definition) is 3. The fourth-order valence-corrected chi connectivity index (χ4v) is 6.55. The summed E-state index contributed by atoms with van der Waals surface area (Å²) < 4.78 is 0. The zero-order valence-electron chi connectivity index (χ0n) is 14.4. The van der Waals surface area contributed by atoms with Crippen LogP contribution in [0.4, 0.5) is 5.69 Å². The van der Waals surface area contributed by atoms with Gasteiger partial charge in [-0.3, -0.25) is 4.79 Å². The second-order valence-corrected chi connectivity index (χ2v) is 9.63. The van der Waals surface area contributed by atoms with Gasteiger partial charge >= 0.3 is 0 Å². The quantitative estimate of drug-likeness (QED) is 0.476. The molecule has 0 saturated heterocycles. The monoisotopic (exact) mass is 412 g/mol. The van der Waals surface area contributed by atoms with E-state index in [2.05, 4.69) is 10.6 Å². The molecule has 4 aliphatic carbocycles. The predicted octanol–water partition coefficient (Wildman–Crippen LogP) is 5.12. The SMILES string of the molecule is O=C(CC12CC3CC(CC(C3)C1)C2)NC(=S)Nc1cc(Cl)cc(Cl)c1O. The van der Waals surface area contributed by atoms with Crippen LogP contribution in [0.3, 0.4) is 0 Å². The molecule has 26 heavy (non-hydrogen) atoms. The van der Waals surface area contributed by atoms with Crippen LogP contribution < -0.4 is 10.6 Å². The van der Waals surface area contributed by atoms with Gasteiger partial charge in [-0.15, -0.1) is 0 Å². The summed E-state index contributed by atoms with van der Waals surface area (Å²) in [6, 6.07) is 2.96. The first-order chi connectivity index (χ1) is 12.3. The van der Waals surface area contributed by atoms with Gasteiger partial charge in [0.25, 0.3) is 0 Å². The lowest BCUT2D eigenvalue weighted by atomic mass is 9.49. The molecule has 1 aromatic rings. The lowest BCUT2D eigenvalue weighted by Gasteiger charge is -2.56. The largest absolute Gasteiger partial charge is 0.504 e. The second kappa shape index (κ2) is 6.84. The number of carbonyl (C=O) groups is 1. The summed E-state index contributed by atoms with van der Waals surface area (Å²) in [6.07, 6.45) is 8.13. The van der Waals surface area contributed by atoms with Crippen LogP contribution in [0.2, 0.25) is 10.0 Å². The predicted molar refractivity (Wildman–Crippen MR) is 108 cm³/mol. The molecule has 3 N–H and O–H groups in total. The number of hydrogen-bond acceptors (Lipinski definition) is 3. The average Bonchev–Trinajstić information content (AvgIpc) is 2.49. The lowest BCUT2D eigenvalue weighted by Crippen LogP contribution is -2.48. The van der Waals surface area contributed by atoms with E-state index in [0.29, 0.717) is 11.4 Å². The van der Waals surface area contributed by atoms with Crippen molar-refractivity contribution < 1.29 is 9.90 Å². The molecule has 4 bridgehead atoms. The summed E-state index contributed by atoms with van der Waals surface area (Å²) in [5.41, 5.74) is 0.443. The van der Waals surface area contributed by atoms with Gasteiger partial charge in [-0.2, -0.15) is 0 Å². The van der Waals surface area contributed by atoms with E-state index in [-0.39, 0.29) is 32.9 Å². The van der Waals surface area contributed by atoms with E-state index in [0.717, 1.165) is 17.8 Å². The minimum atomic E-state index is -0.145. The van der Waals surface area contributed by atoms with E-state index in [1.807, 2.05) is 0 Å². The molecule has 0 heterocycles. The van der Waals surface area contributed by atoms with Gasteiger partial charge < -0.3 is 15.7 Å². The summed E-state index contributed by atoms with van der Waals surface area (Å²) in [5, 5.41) is 16.2. The summed E-state index contributed by atoms with van der Waals surface area (Å²) in [7, 11) is 0. The number of nitrogens with one attached hydrogen (secondary N) is 2. The van der Waals surface area contributed by atoms with Crippen LogP contribution in [0.15, 0.2) is 12.1 Å². The van der Waals surface area contributed by atoms with Gasteiger partial charge in [-0.05, 0) is 86.0 Å². The molecule has 0 spiro atoms. The minimum Gasteiger partial charge on any atom is -0.504 e. The Labute approximate surface area is 168 Å². The molecule has 0 atom stereocenters. The number of amides is 1. The molecule has 4 saturated carbocycles. The molecule has 4 nitrogen and oxygen atoms in total. The molecule has 1 amide bonds. The van der Waals surface area contributed by atoms with Gasteiger partial charge in [0.2, 0.25) is 5.91 Å². The van der Waals surface area contributed by atoms with Gasteiger partial charge in [-0.25, -0.2) is 0 Å². The maximum atomic E-state index is 12.6. The molecule has 0 radical (unpaired) electrons. The van der Waals surface area contributed by atoms with Crippen molar-refractivity contribution in [3.05, 3.63) is 22.2 Å². The van der Waals surface area contributed by atoms with Crippen molar-refractivity contribution in [2.75, 3.05) is 5.32 Å². The van der Waals surface area contributed by atoms with E-state index in [1.165, 1.54) is 50.7 Å². The number of aromatic hydroxyl groups is 1. The number of halogens is 2. The third kappa shape index (κ3) is 3.67. The third-order valence-electron chi connectivity index (χ3n) is 6.23. The highest BCUT2D eigenvalue weighted by Crippen LogP contribution is 2.61. The molecule has 0 aromatic heterocycles. The summed E-state index contributed by atoms with van der Waals surface area (Å²) in [5.74, 6) is 2.23. The van der Waals surface area contributed by atoms with E-state index in [9.17, 15) is 9.90 Å². The molecule has 4 aliphatic rings. The van der Waals surface area contributed by atoms with Crippen molar-refractivity contribution in [2.45, 2.75) is 44.9 Å². The standard InChI is InChI=1S/C19H22Cl2N2O2S/c20-13-4-14(21)17(25)15(5-13)22-18(26)23-16(24)9-19-6-10-1-11(7-19)3-12(2-10)8-19/h4-5,10-12,25H,1-3,6-9H2,(H2,22,23,24,26). The van der Waals surface area contributed by atoms with Crippen LogP contribution in [-0.4, -0.2) is 16.1 Å². The fourth-order valence-electron chi connectivity index (χ4n) is 5.83. The van der Waals surface area contributed by atoms with Crippen molar-refractivity contribution in [1.29, 1.82) is 0 Å². The molecule has 5 rings (SSSR count). The van der Waals surface area contributed by atoms with Crippen molar-refractivity contribution in [3.63, 3.8) is 0 Å². The van der Waals surface area contributed by atoms with Gasteiger partial charge in [0.1, 0.15) is 0 Å². The maximum absolute atomic E-state index is 12.6. The number of anilines is 1. The third-order valence-corrected chi connectivity index (χ3v) is 6.94. The summed E-state index contributed by atoms with van der Waals surface area (Å²) >= 11 is 17.1. The molecular weight excluding hydrogens is 391 g/mol. The van der Waals surface area contributed by atoms with Crippen molar-refractivity contribution in [1.82, 2.24) is 5.32 Å². The number of phenolic OH excluding ortho intramolecular Hbond substituents is 1. The fraction of sp³-hybridized carbons (Fsp3) is 0.579. The Morgan fingerprint density at radius 3 is 2.31 bits per heavy atom. The van der Waals surface area contributed by atoms with Gasteiger partial charge in [0, 0.05) is 11.4 Å². The molecule has 140 valence electrons. The van der Waals surface area contributed by atoms with Crippen LogP contribution >= 0.6 is 35.4 Å². The molecular formula is C19H22Cl2N2O2S. The minimum absolute atomic E-state index is 0.0583. The topological polar surface area (TPSA) is 61.4 Å². The lowest BCUT2D eigenvalue weighted by molar-refractivity contribution is -0.127. The van der Waals surface area contributed by atoms with Gasteiger partial charge in [0.15, 0.2) is 10.9 Å². The van der Waals surface area contributed by atoms with E-state index >= 15 is 0 Å². The molecule has 0 aliphatic heterocycles. The highest BCUT2D eigenvalue weighted by atomic mass is 35.5. The first kappa shape index (κ1) is 18.3. The summed E-state index contributed by atoms with van der Waals surface area (Å²) in [4.78, 5) is 12.6. The first-order valence-corrected chi connectivity index (χ1v) is 10.3. The maximum Gasteiger partial charge on any atom is 0.226 e. The molecule has 4 fully saturated rings. The Morgan fingerprint density at radius 1 is 1.15 bits per heavy atom. The zero-order chi connectivity index (χ0) is 18.5. The Morgan fingerprint density at radius 2 is 1.73 bits per heavy atom. The summed E-state index contributed by atoms with van der Waals surface area (Å²) in [6.45, 7) is 0. The molecule has 0 unspecified atom stereocenters. The molecule has 7 heteroatoms. The number of phenols is 1. The Kier molecular flexibility index (Phi) is 4.82. The van der Waals surface area contributed by atoms with Crippen LogP contribution in [0.5, 0.6) is 5.75 Å². The van der Waals surface area contributed by atoms with Crippen molar-refractivity contribution in [3.8, 4) is 5.75 Å². The number of rotatable bonds is 3. The van der Waals surface area contributed by atoms with E-state index < -0.39 is 0 Å². The Bertz CT molecular complexity index is 733. The van der Waals surface area contributed by atoms with Crippen LogP contribution in [0, 0.1) is 23.2 Å². The second-order valence-electron chi connectivity index (χ2n) is 8.38. The number of carbonyl (C=O) groups excluding carboxylic acids is 1. The Balaban J connectivity index is 1.37. The van der Waals surface area contributed by atoms with Gasteiger partial charge in [0.05, 0.1) is 10.7 Å². The Hall–Kier alpha value is -1.04.